The van der Waals surface area contributed by atoms with Gasteiger partial charge in [0.15, 0.2) is 11.5 Å². The molecule has 0 bridgehead atoms. The van der Waals surface area contributed by atoms with E-state index in [0.717, 1.165) is 23.6 Å². The van der Waals surface area contributed by atoms with Crippen LogP contribution in [0.3, 0.4) is 0 Å². The van der Waals surface area contributed by atoms with Crippen molar-refractivity contribution >= 4 is 11.8 Å². The van der Waals surface area contributed by atoms with Crippen molar-refractivity contribution in [2.75, 3.05) is 32.8 Å². The minimum Gasteiger partial charge on any atom is -0.496 e. The molecule has 1 fully saturated rings. The Hall–Kier alpha value is -1.07. The molecule has 0 amide bonds. The van der Waals surface area contributed by atoms with Gasteiger partial charge in [0.25, 0.3) is 0 Å². The van der Waals surface area contributed by atoms with Crippen LogP contribution in [-0.4, -0.2) is 38.9 Å². The quantitative estimate of drug-likeness (QED) is 0.867. The van der Waals surface area contributed by atoms with Crippen LogP contribution in [0.4, 0.5) is 0 Å². The van der Waals surface area contributed by atoms with Gasteiger partial charge >= 0.3 is 0 Å². The maximum absolute atomic E-state index is 5.42. The van der Waals surface area contributed by atoms with Crippen molar-refractivity contribution in [3.8, 4) is 17.2 Å². The molecule has 1 aliphatic rings. The van der Waals surface area contributed by atoms with E-state index in [-0.39, 0.29) is 0 Å². The van der Waals surface area contributed by atoms with Crippen LogP contribution in [0.2, 0.25) is 0 Å². The van der Waals surface area contributed by atoms with E-state index in [4.69, 9.17) is 14.2 Å². The second-order valence-corrected chi connectivity index (χ2v) is 5.61. The van der Waals surface area contributed by atoms with E-state index in [0.29, 0.717) is 11.8 Å². The van der Waals surface area contributed by atoms with Crippen LogP contribution in [0.25, 0.3) is 0 Å². The van der Waals surface area contributed by atoms with Crippen molar-refractivity contribution in [1.29, 1.82) is 0 Å². The van der Waals surface area contributed by atoms with Crippen LogP contribution in [0.5, 0.6) is 17.2 Å². The van der Waals surface area contributed by atoms with Gasteiger partial charge in [-0.25, -0.2) is 0 Å². The van der Waals surface area contributed by atoms with Crippen LogP contribution < -0.4 is 19.5 Å². The maximum Gasteiger partial charge on any atom is 0.164 e. The number of thioether (sulfide) groups is 1. The minimum absolute atomic E-state index is 0.600. The van der Waals surface area contributed by atoms with E-state index < -0.39 is 0 Å². The van der Waals surface area contributed by atoms with Gasteiger partial charge in [-0.1, -0.05) is 0 Å². The third kappa shape index (κ3) is 3.48. The SMILES string of the molecule is COc1cc(OC)c(OC)cc1CNC1CCSC1. The van der Waals surface area contributed by atoms with Crippen molar-refractivity contribution in [2.24, 2.45) is 0 Å². The average Bonchev–Trinajstić information content (AvgIpc) is 2.97. The molecule has 4 nitrogen and oxygen atoms in total. The second kappa shape index (κ2) is 6.91. The molecular formula is C14H21NO3S. The summed E-state index contributed by atoms with van der Waals surface area (Å²) in [5.74, 6) is 4.70. The highest BCUT2D eigenvalue weighted by Gasteiger charge is 2.17. The summed E-state index contributed by atoms with van der Waals surface area (Å²) in [6, 6.07) is 4.45. The van der Waals surface area contributed by atoms with Gasteiger partial charge in [-0.3, -0.25) is 0 Å². The molecule has 106 valence electrons. The minimum atomic E-state index is 0.600. The fourth-order valence-electron chi connectivity index (χ4n) is 2.18. The van der Waals surface area contributed by atoms with Crippen LogP contribution in [0.1, 0.15) is 12.0 Å². The Morgan fingerprint density at radius 1 is 1.11 bits per heavy atom. The van der Waals surface area contributed by atoms with Crippen LogP contribution in [0, 0.1) is 0 Å². The maximum atomic E-state index is 5.42. The lowest BCUT2D eigenvalue weighted by Gasteiger charge is -2.16. The summed E-state index contributed by atoms with van der Waals surface area (Å²) in [7, 11) is 4.95. The van der Waals surface area contributed by atoms with Gasteiger partial charge in [-0.05, 0) is 18.2 Å². The van der Waals surface area contributed by atoms with Crippen molar-refractivity contribution in [3.05, 3.63) is 17.7 Å². The fraction of sp³-hybridized carbons (Fsp3) is 0.571. The molecule has 1 aliphatic heterocycles. The Kier molecular flexibility index (Phi) is 5.22. The smallest absolute Gasteiger partial charge is 0.164 e. The Morgan fingerprint density at radius 3 is 2.37 bits per heavy atom. The molecule has 5 heteroatoms. The van der Waals surface area contributed by atoms with Crippen molar-refractivity contribution in [3.63, 3.8) is 0 Å². The highest BCUT2D eigenvalue weighted by Crippen LogP contribution is 2.34. The van der Waals surface area contributed by atoms with Gasteiger partial charge in [0, 0.05) is 30.0 Å². The zero-order valence-corrected chi connectivity index (χ0v) is 12.5. The largest absolute Gasteiger partial charge is 0.496 e. The third-order valence-electron chi connectivity index (χ3n) is 3.30. The lowest BCUT2D eigenvalue weighted by molar-refractivity contribution is 0.346. The van der Waals surface area contributed by atoms with Gasteiger partial charge < -0.3 is 19.5 Å². The first-order valence-corrected chi connectivity index (χ1v) is 7.54. The molecule has 0 saturated carbocycles. The first kappa shape index (κ1) is 14.3. The molecular weight excluding hydrogens is 262 g/mol. The molecule has 1 aromatic carbocycles. The standard InChI is InChI=1S/C14H21NO3S/c1-16-12-7-14(18-3)13(17-2)6-10(12)8-15-11-4-5-19-9-11/h6-7,11,15H,4-5,8-9H2,1-3H3. The van der Waals surface area contributed by atoms with Crippen LogP contribution in [0.15, 0.2) is 12.1 Å². The van der Waals surface area contributed by atoms with E-state index in [1.165, 1.54) is 17.9 Å². The number of benzene rings is 1. The van der Waals surface area contributed by atoms with E-state index in [9.17, 15) is 0 Å². The molecule has 1 atom stereocenters. The van der Waals surface area contributed by atoms with Crippen LogP contribution in [-0.2, 0) is 6.54 Å². The van der Waals surface area contributed by atoms with Crippen molar-refractivity contribution in [1.82, 2.24) is 5.32 Å². The summed E-state index contributed by atoms with van der Waals surface area (Å²) >= 11 is 2.00. The Morgan fingerprint density at radius 2 is 1.79 bits per heavy atom. The lowest BCUT2D eigenvalue weighted by Crippen LogP contribution is -2.28. The first-order valence-electron chi connectivity index (χ1n) is 6.38. The molecule has 1 unspecified atom stereocenters. The topological polar surface area (TPSA) is 39.7 Å². The highest BCUT2D eigenvalue weighted by atomic mass is 32.2. The number of nitrogens with one attached hydrogen (secondary N) is 1. The van der Waals surface area contributed by atoms with E-state index in [1.807, 2.05) is 23.9 Å². The molecule has 0 radical (unpaired) electrons. The summed E-state index contributed by atoms with van der Waals surface area (Å²) in [5.41, 5.74) is 1.09. The van der Waals surface area contributed by atoms with E-state index in [2.05, 4.69) is 5.32 Å². The first-order chi connectivity index (χ1) is 9.28. The summed E-state index contributed by atoms with van der Waals surface area (Å²) in [6.45, 7) is 0.786. The third-order valence-corrected chi connectivity index (χ3v) is 4.46. The van der Waals surface area contributed by atoms with Crippen LogP contribution >= 0.6 is 11.8 Å². The number of hydrogen-bond acceptors (Lipinski definition) is 5. The summed E-state index contributed by atoms with van der Waals surface area (Å²) in [5, 5.41) is 3.56. The molecule has 1 N–H and O–H groups in total. The van der Waals surface area contributed by atoms with E-state index in [1.54, 1.807) is 21.3 Å². The normalized spacial score (nSPS) is 18.4. The summed E-state index contributed by atoms with van der Waals surface area (Å²) in [6.07, 6.45) is 1.24. The fourth-order valence-corrected chi connectivity index (χ4v) is 3.37. The number of hydrogen-bond donors (Lipinski definition) is 1. The molecule has 0 aliphatic carbocycles. The van der Waals surface area contributed by atoms with E-state index >= 15 is 0 Å². The summed E-state index contributed by atoms with van der Waals surface area (Å²) in [4.78, 5) is 0. The molecule has 0 spiro atoms. The monoisotopic (exact) mass is 283 g/mol. The predicted octanol–water partition coefficient (Wildman–Crippen LogP) is 2.31. The number of rotatable bonds is 6. The molecule has 1 heterocycles. The lowest BCUT2D eigenvalue weighted by atomic mass is 10.1. The van der Waals surface area contributed by atoms with Gasteiger partial charge in [0.2, 0.25) is 0 Å². The number of ether oxygens (including phenoxy) is 3. The van der Waals surface area contributed by atoms with Gasteiger partial charge in [-0.2, -0.15) is 11.8 Å². The second-order valence-electron chi connectivity index (χ2n) is 4.46. The molecule has 1 saturated heterocycles. The van der Waals surface area contributed by atoms with Gasteiger partial charge in [0.05, 0.1) is 21.3 Å². The Bertz CT molecular complexity index is 419. The zero-order valence-electron chi connectivity index (χ0n) is 11.7. The number of methoxy groups -OCH3 is 3. The van der Waals surface area contributed by atoms with Crippen molar-refractivity contribution < 1.29 is 14.2 Å². The predicted molar refractivity (Wildman–Crippen MR) is 78.7 cm³/mol. The summed E-state index contributed by atoms with van der Waals surface area (Å²) < 4.78 is 16.0. The molecule has 1 aromatic rings. The van der Waals surface area contributed by atoms with Gasteiger partial charge in [-0.15, -0.1) is 0 Å². The highest BCUT2D eigenvalue weighted by molar-refractivity contribution is 7.99. The molecule has 19 heavy (non-hydrogen) atoms. The Labute approximate surface area is 118 Å². The molecule has 0 aromatic heterocycles. The van der Waals surface area contributed by atoms with Crippen molar-refractivity contribution in [2.45, 2.75) is 19.0 Å². The molecule has 2 rings (SSSR count). The van der Waals surface area contributed by atoms with Gasteiger partial charge in [0.1, 0.15) is 5.75 Å². The zero-order chi connectivity index (χ0) is 13.7. The average molecular weight is 283 g/mol. The Balaban J connectivity index is 2.12.